The van der Waals surface area contributed by atoms with Crippen molar-refractivity contribution in [1.29, 1.82) is 0 Å². The molecule has 0 aliphatic heterocycles. The summed E-state index contributed by atoms with van der Waals surface area (Å²) in [4.78, 5) is 12.2. The predicted molar refractivity (Wildman–Crippen MR) is 85.4 cm³/mol. The van der Waals surface area contributed by atoms with Crippen molar-refractivity contribution in [2.75, 3.05) is 0 Å². The molecule has 2 bridgehead atoms. The number of nitrogens with one attached hydrogen (secondary N) is 1. The molecule has 0 heterocycles. The minimum absolute atomic E-state index is 0.111. The van der Waals surface area contributed by atoms with E-state index in [1.165, 1.54) is 31.2 Å². The standard InChI is InChI=1S/C18H24N2O/c1-11-4-6-16(8-12(11)2)18(21)20-19-13(3)17-10-14-5-7-15(17)9-14/h4,6,8,14-15,17H,5,7,9-10H2,1-3H3,(H,20,21)/b19-13-/t14-,15-,17+/m0/s1. The van der Waals surface area contributed by atoms with E-state index in [9.17, 15) is 4.79 Å². The van der Waals surface area contributed by atoms with Gasteiger partial charge in [0.15, 0.2) is 0 Å². The fourth-order valence-electron chi connectivity index (χ4n) is 3.93. The average molecular weight is 284 g/mol. The van der Waals surface area contributed by atoms with Crippen LogP contribution in [-0.2, 0) is 0 Å². The Labute approximate surface area is 126 Å². The van der Waals surface area contributed by atoms with E-state index in [0.29, 0.717) is 11.5 Å². The number of hydrazone groups is 1. The van der Waals surface area contributed by atoms with E-state index in [-0.39, 0.29) is 5.91 Å². The summed E-state index contributed by atoms with van der Waals surface area (Å²) in [5.74, 6) is 2.18. The smallest absolute Gasteiger partial charge is 0.267 e. The molecule has 1 amide bonds. The Kier molecular flexibility index (Phi) is 3.83. The van der Waals surface area contributed by atoms with Crippen molar-refractivity contribution in [3.63, 3.8) is 0 Å². The zero-order chi connectivity index (χ0) is 15.0. The predicted octanol–water partition coefficient (Wildman–Crippen LogP) is 3.85. The lowest BCUT2D eigenvalue weighted by molar-refractivity contribution is 0.0954. The molecular weight excluding hydrogens is 260 g/mol. The van der Waals surface area contributed by atoms with E-state index in [1.807, 2.05) is 25.1 Å². The van der Waals surface area contributed by atoms with Crippen LogP contribution in [0, 0.1) is 31.6 Å². The SMILES string of the molecule is C/C(=N/NC(=O)c1ccc(C)c(C)c1)[C@H]1C[C@H]2CC[C@H]1C2. The maximum Gasteiger partial charge on any atom is 0.271 e. The van der Waals surface area contributed by atoms with Crippen LogP contribution in [0.25, 0.3) is 0 Å². The molecule has 2 fully saturated rings. The molecule has 2 aliphatic rings. The molecule has 0 unspecified atom stereocenters. The van der Waals surface area contributed by atoms with Gasteiger partial charge in [0.1, 0.15) is 0 Å². The van der Waals surface area contributed by atoms with Crippen LogP contribution >= 0.6 is 0 Å². The second-order valence-electron chi connectivity index (χ2n) is 6.77. The van der Waals surface area contributed by atoms with E-state index >= 15 is 0 Å². The summed E-state index contributed by atoms with van der Waals surface area (Å²) in [7, 11) is 0. The molecule has 3 atom stereocenters. The summed E-state index contributed by atoms with van der Waals surface area (Å²) in [6, 6.07) is 5.77. The van der Waals surface area contributed by atoms with Crippen molar-refractivity contribution in [3.8, 4) is 0 Å². The number of carbonyl (C=O) groups is 1. The quantitative estimate of drug-likeness (QED) is 0.665. The average Bonchev–Trinajstić information content (AvgIpc) is 3.10. The number of fused-ring (bicyclic) bond motifs is 2. The molecule has 112 valence electrons. The number of carbonyl (C=O) groups excluding carboxylic acids is 1. The van der Waals surface area contributed by atoms with Gasteiger partial charge in [0.25, 0.3) is 5.91 Å². The first-order chi connectivity index (χ1) is 10.0. The summed E-state index contributed by atoms with van der Waals surface area (Å²) in [5.41, 5.74) is 6.85. The van der Waals surface area contributed by atoms with E-state index in [2.05, 4.69) is 24.4 Å². The highest BCUT2D eigenvalue weighted by molar-refractivity contribution is 5.95. The fraction of sp³-hybridized carbons (Fsp3) is 0.556. The topological polar surface area (TPSA) is 41.5 Å². The first-order valence-corrected chi connectivity index (χ1v) is 7.96. The number of hydrogen-bond donors (Lipinski definition) is 1. The molecule has 0 radical (unpaired) electrons. The fourth-order valence-corrected chi connectivity index (χ4v) is 3.93. The van der Waals surface area contributed by atoms with Gasteiger partial charge in [-0.1, -0.05) is 12.5 Å². The van der Waals surface area contributed by atoms with Crippen LogP contribution in [0.5, 0.6) is 0 Å². The van der Waals surface area contributed by atoms with Crippen molar-refractivity contribution in [3.05, 3.63) is 34.9 Å². The number of rotatable bonds is 3. The van der Waals surface area contributed by atoms with Crippen LogP contribution in [0.15, 0.2) is 23.3 Å². The Balaban J connectivity index is 1.64. The maximum absolute atomic E-state index is 12.2. The van der Waals surface area contributed by atoms with Gasteiger partial charge in [-0.15, -0.1) is 0 Å². The lowest BCUT2D eigenvalue weighted by atomic mass is 9.86. The molecular formula is C18H24N2O. The van der Waals surface area contributed by atoms with Crippen molar-refractivity contribution in [2.24, 2.45) is 22.9 Å². The summed E-state index contributed by atoms with van der Waals surface area (Å²) in [6.45, 7) is 6.14. The first kappa shape index (κ1) is 14.3. The van der Waals surface area contributed by atoms with Crippen LogP contribution in [0.3, 0.4) is 0 Å². The van der Waals surface area contributed by atoms with E-state index in [0.717, 1.165) is 23.1 Å². The van der Waals surface area contributed by atoms with Crippen molar-refractivity contribution >= 4 is 11.6 Å². The summed E-state index contributed by atoms with van der Waals surface area (Å²) in [6.07, 6.45) is 5.36. The molecule has 0 saturated heterocycles. The highest BCUT2D eigenvalue weighted by Gasteiger charge is 2.40. The van der Waals surface area contributed by atoms with Crippen molar-refractivity contribution in [2.45, 2.75) is 46.5 Å². The van der Waals surface area contributed by atoms with Crippen LogP contribution in [0.4, 0.5) is 0 Å². The molecule has 21 heavy (non-hydrogen) atoms. The summed E-state index contributed by atoms with van der Waals surface area (Å²) in [5, 5.41) is 4.37. The van der Waals surface area contributed by atoms with E-state index < -0.39 is 0 Å². The van der Waals surface area contributed by atoms with Gasteiger partial charge in [0, 0.05) is 17.2 Å². The first-order valence-electron chi connectivity index (χ1n) is 7.96. The van der Waals surface area contributed by atoms with Crippen LogP contribution in [0.2, 0.25) is 0 Å². The Morgan fingerprint density at radius 1 is 1.19 bits per heavy atom. The Morgan fingerprint density at radius 3 is 2.62 bits per heavy atom. The lowest BCUT2D eigenvalue weighted by Crippen LogP contribution is -2.24. The summed E-state index contributed by atoms with van der Waals surface area (Å²) < 4.78 is 0. The number of amides is 1. The zero-order valence-corrected chi connectivity index (χ0v) is 13.1. The molecule has 1 N–H and O–H groups in total. The van der Waals surface area contributed by atoms with Gasteiger partial charge in [-0.25, -0.2) is 5.43 Å². The number of nitrogens with zero attached hydrogens (tertiary/aromatic N) is 1. The second kappa shape index (κ2) is 5.63. The van der Waals surface area contributed by atoms with Crippen LogP contribution in [0.1, 0.15) is 54.1 Å². The molecule has 3 rings (SSSR count). The van der Waals surface area contributed by atoms with E-state index in [4.69, 9.17) is 0 Å². The lowest BCUT2D eigenvalue weighted by Gasteiger charge is -2.21. The van der Waals surface area contributed by atoms with Crippen LogP contribution < -0.4 is 5.43 Å². The molecule has 0 spiro atoms. The highest BCUT2D eigenvalue weighted by Crippen LogP contribution is 2.48. The largest absolute Gasteiger partial charge is 0.271 e. The zero-order valence-electron chi connectivity index (χ0n) is 13.1. The third-order valence-electron chi connectivity index (χ3n) is 5.38. The number of benzene rings is 1. The molecule has 2 saturated carbocycles. The Hall–Kier alpha value is -1.64. The second-order valence-corrected chi connectivity index (χ2v) is 6.77. The molecule has 3 heteroatoms. The maximum atomic E-state index is 12.2. The molecule has 2 aliphatic carbocycles. The minimum atomic E-state index is -0.111. The van der Waals surface area contributed by atoms with Gasteiger partial charge in [-0.05, 0) is 75.1 Å². The number of aryl methyl sites for hydroxylation is 2. The minimum Gasteiger partial charge on any atom is -0.267 e. The van der Waals surface area contributed by atoms with Gasteiger partial charge < -0.3 is 0 Å². The number of hydrogen-bond acceptors (Lipinski definition) is 2. The molecule has 3 nitrogen and oxygen atoms in total. The third-order valence-corrected chi connectivity index (χ3v) is 5.38. The van der Waals surface area contributed by atoms with Crippen molar-refractivity contribution < 1.29 is 4.79 Å². The normalized spacial score (nSPS) is 28.0. The van der Waals surface area contributed by atoms with Gasteiger partial charge in [-0.3, -0.25) is 4.79 Å². The highest BCUT2D eigenvalue weighted by atomic mass is 16.2. The summed E-state index contributed by atoms with van der Waals surface area (Å²) >= 11 is 0. The Bertz CT molecular complexity index is 591. The van der Waals surface area contributed by atoms with Gasteiger partial charge in [-0.2, -0.15) is 5.10 Å². The van der Waals surface area contributed by atoms with E-state index in [1.54, 1.807) is 0 Å². The van der Waals surface area contributed by atoms with Gasteiger partial charge in [0.05, 0.1) is 0 Å². The molecule has 1 aromatic carbocycles. The van der Waals surface area contributed by atoms with Crippen molar-refractivity contribution in [1.82, 2.24) is 5.43 Å². The molecule has 1 aromatic rings. The van der Waals surface area contributed by atoms with Gasteiger partial charge in [0.2, 0.25) is 0 Å². The third kappa shape index (κ3) is 2.87. The van der Waals surface area contributed by atoms with Crippen LogP contribution in [-0.4, -0.2) is 11.6 Å². The monoisotopic (exact) mass is 284 g/mol. The molecule has 0 aromatic heterocycles. The Morgan fingerprint density at radius 2 is 2.00 bits per heavy atom. The van der Waals surface area contributed by atoms with Gasteiger partial charge >= 0.3 is 0 Å².